The summed E-state index contributed by atoms with van der Waals surface area (Å²) in [5.74, 6) is 1.71. The van der Waals surface area contributed by atoms with Crippen molar-refractivity contribution in [1.29, 1.82) is 0 Å². The topological polar surface area (TPSA) is 133 Å². The van der Waals surface area contributed by atoms with Crippen molar-refractivity contribution in [3.05, 3.63) is 66.7 Å². The molecule has 0 atom stereocenters. The molecule has 2 aromatic rings. The Kier molecular flexibility index (Phi) is 8.72. The molecule has 196 valence electrons. The Hall–Kier alpha value is -3.93. The maximum absolute atomic E-state index is 12.3. The van der Waals surface area contributed by atoms with Crippen molar-refractivity contribution in [3.63, 3.8) is 0 Å². The van der Waals surface area contributed by atoms with Gasteiger partial charge in [0, 0.05) is 30.5 Å². The van der Waals surface area contributed by atoms with Crippen LogP contribution in [-0.2, 0) is 14.2 Å². The van der Waals surface area contributed by atoms with Gasteiger partial charge in [0.1, 0.15) is 5.69 Å². The molecular weight excluding hydrogens is 476 g/mol. The summed E-state index contributed by atoms with van der Waals surface area (Å²) in [5, 5.41) is 5.44. The van der Waals surface area contributed by atoms with Gasteiger partial charge in [0.05, 0.1) is 25.5 Å². The van der Waals surface area contributed by atoms with Gasteiger partial charge < -0.3 is 40.2 Å². The summed E-state index contributed by atoms with van der Waals surface area (Å²) < 4.78 is 23.0. The van der Waals surface area contributed by atoms with E-state index in [1.165, 1.54) is 6.20 Å². The second kappa shape index (κ2) is 12.3. The summed E-state index contributed by atoms with van der Waals surface area (Å²) in [4.78, 5) is 24.1. The lowest BCUT2D eigenvalue weighted by molar-refractivity contribution is -0.384. The fourth-order valence-corrected chi connectivity index (χ4v) is 3.81. The van der Waals surface area contributed by atoms with E-state index in [1.54, 1.807) is 30.4 Å². The number of urea groups is 1. The summed E-state index contributed by atoms with van der Waals surface area (Å²) in [6.07, 6.45) is 5.24. The molecule has 3 heterocycles. The van der Waals surface area contributed by atoms with Gasteiger partial charge in [-0.05, 0) is 44.2 Å². The number of aromatic nitrogens is 2. The SMILES string of the molecule is C=C/C=C\C(=C/N)NC(=O)Nc1ccc(-c2nc(C3OC(C)O3)c(OCC)c(N3CCOCC3)n2)cc1. The van der Waals surface area contributed by atoms with E-state index in [2.05, 4.69) is 22.1 Å². The third-order valence-electron chi connectivity index (χ3n) is 5.58. The van der Waals surface area contributed by atoms with Crippen LogP contribution in [0.2, 0.25) is 0 Å². The number of allylic oxidation sites excluding steroid dienone is 3. The van der Waals surface area contributed by atoms with E-state index in [4.69, 9.17) is 34.6 Å². The zero-order chi connectivity index (χ0) is 26.2. The van der Waals surface area contributed by atoms with Gasteiger partial charge in [0.15, 0.2) is 23.7 Å². The first-order valence-corrected chi connectivity index (χ1v) is 12.1. The van der Waals surface area contributed by atoms with Crippen LogP contribution in [0, 0.1) is 0 Å². The third-order valence-corrected chi connectivity index (χ3v) is 5.58. The van der Waals surface area contributed by atoms with Crippen molar-refractivity contribution in [2.45, 2.75) is 26.4 Å². The molecule has 37 heavy (non-hydrogen) atoms. The molecule has 2 fully saturated rings. The zero-order valence-corrected chi connectivity index (χ0v) is 21.0. The predicted octanol–water partition coefficient (Wildman–Crippen LogP) is 3.43. The second-order valence-electron chi connectivity index (χ2n) is 8.16. The Morgan fingerprint density at radius 3 is 2.59 bits per heavy atom. The largest absolute Gasteiger partial charge is 0.488 e. The van der Waals surface area contributed by atoms with Gasteiger partial charge >= 0.3 is 6.03 Å². The Balaban J connectivity index is 1.59. The number of anilines is 2. The van der Waals surface area contributed by atoms with Crippen molar-refractivity contribution in [2.24, 2.45) is 5.73 Å². The van der Waals surface area contributed by atoms with E-state index in [9.17, 15) is 4.79 Å². The van der Waals surface area contributed by atoms with Gasteiger partial charge in [-0.3, -0.25) is 0 Å². The maximum atomic E-state index is 12.3. The molecule has 0 aliphatic carbocycles. The highest BCUT2D eigenvalue weighted by Gasteiger charge is 2.36. The molecule has 11 nitrogen and oxygen atoms in total. The number of amides is 2. The van der Waals surface area contributed by atoms with Crippen molar-refractivity contribution < 1.29 is 23.7 Å². The standard InChI is InChI=1S/C26H32N6O5/c1-4-6-7-20(16-27)29-26(33)28-19-10-8-18(9-11-19)23-30-21(25-36-17(3)37-25)22(35-5-2)24(31-23)32-12-14-34-15-13-32/h4,6-11,16-17,25H,1,5,12-15,27H2,2-3H3,(H2,28,29,33)/b7-6-,20-16+. The van der Waals surface area contributed by atoms with Crippen LogP contribution in [0.15, 0.2) is 61.0 Å². The average molecular weight is 509 g/mol. The molecule has 0 unspecified atom stereocenters. The zero-order valence-electron chi connectivity index (χ0n) is 21.0. The van der Waals surface area contributed by atoms with Crippen LogP contribution in [0.1, 0.15) is 25.8 Å². The number of hydrogen-bond donors (Lipinski definition) is 3. The second-order valence-corrected chi connectivity index (χ2v) is 8.16. The Bertz CT molecular complexity index is 1150. The van der Waals surface area contributed by atoms with Crippen molar-refractivity contribution in [1.82, 2.24) is 15.3 Å². The molecule has 11 heteroatoms. The van der Waals surface area contributed by atoms with E-state index >= 15 is 0 Å². The fraction of sp³-hybridized carbons (Fsp3) is 0.346. The molecule has 2 aliphatic rings. The molecule has 1 aromatic heterocycles. The van der Waals surface area contributed by atoms with Gasteiger partial charge in [0.2, 0.25) is 6.29 Å². The third kappa shape index (κ3) is 6.45. The minimum atomic E-state index is -0.636. The number of hydrogen-bond acceptors (Lipinski definition) is 9. The van der Waals surface area contributed by atoms with Crippen LogP contribution < -0.4 is 26.0 Å². The number of rotatable bonds is 9. The summed E-state index contributed by atoms with van der Waals surface area (Å²) in [6.45, 7) is 10.3. The van der Waals surface area contributed by atoms with Crippen LogP contribution in [0.5, 0.6) is 5.75 Å². The number of nitrogens with zero attached hydrogens (tertiary/aromatic N) is 3. The van der Waals surface area contributed by atoms with Crippen LogP contribution in [-0.4, -0.2) is 55.2 Å². The quantitative estimate of drug-likeness (QED) is 0.436. The van der Waals surface area contributed by atoms with E-state index < -0.39 is 12.3 Å². The molecular formula is C26H32N6O5. The molecule has 4 N–H and O–H groups in total. The molecule has 0 bridgehead atoms. The highest BCUT2D eigenvalue weighted by molar-refractivity contribution is 5.91. The van der Waals surface area contributed by atoms with Gasteiger partial charge in [-0.2, -0.15) is 0 Å². The smallest absolute Gasteiger partial charge is 0.323 e. The van der Waals surface area contributed by atoms with E-state index in [1.807, 2.05) is 26.0 Å². The Morgan fingerprint density at radius 1 is 1.24 bits per heavy atom. The lowest BCUT2D eigenvalue weighted by Crippen LogP contribution is -2.38. The Labute approximate surface area is 216 Å². The summed E-state index contributed by atoms with van der Waals surface area (Å²) in [6, 6.07) is 6.78. The Morgan fingerprint density at radius 2 is 1.97 bits per heavy atom. The van der Waals surface area contributed by atoms with Gasteiger partial charge in [-0.25, -0.2) is 14.8 Å². The number of benzene rings is 1. The molecule has 2 saturated heterocycles. The lowest BCUT2D eigenvalue weighted by Gasteiger charge is -2.35. The molecule has 1 aromatic carbocycles. The molecule has 2 aliphatic heterocycles. The highest BCUT2D eigenvalue weighted by Crippen LogP contribution is 2.41. The van der Waals surface area contributed by atoms with Crippen LogP contribution in [0.4, 0.5) is 16.3 Å². The van der Waals surface area contributed by atoms with Crippen LogP contribution in [0.25, 0.3) is 11.4 Å². The molecule has 0 spiro atoms. The number of carbonyl (C=O) groups excluding carboxylic acids is 1. The number of nitrogens with two attached hydrogens (primary N) is 1. The van der Waals surface area contributed by atoms with E-state index in [0.29, 0.717) is 67.4 Å². The highest BCUT2D eigenvalue weighted by atomic mass is 16.9. The number of ether oxygens (including phenoxy) is 4. The molecule has 4 rings (SSSR count). The van der Waals surface area contributed by atoms with Crippen molar-refractivity contribution >= 4 is 17.5 Å². The van der Waals surface area contributed by atoms with Crippen LogP contribution >= 0.6 is 0 Å². The van der Waals surface area contributed by atoms with Crippen LogP contribution in [0.3, 0.4) is 0 Å². The van der Waals surface area contributed by atoms with Crippen molar-refractivity contribution in [2.75, 3.05) is 43.1 Å². The molecule has 0 saturated carbocycles. The van der Waals surface area contributed by atoms with E-state index in [-0.39, 0.29) is 6.29 Å². The molecule has 2 amide bonds. The van der Waals surface area contributed by atoms with Gasteiger partial charge in [-0.15, -0.1) is 0 Å². The number of morpholine rings is 1. The number of carbonyl (C=O) groups is 1. The predicted molar refractivity (Wildman–Crippen MR) is 140 cm³/mol. The number of nitrogens with one attached hydrogen (secondary N) is 2. The van der Waals surface area contributed by atoms with E-state index in [0.717, 1.165) is 5.56 Å². The lowest BCUT2D eigenvalue weighted by atomic mass is 10.1. The monoisotopic (exact) mass is 508 g/mol. The fourth-order valence-electron chi connectivity index (χ4n) is 3.81. The normalized spacial score (nSPS) is 19.8. The first-order valence-electron chi connectivity index (χ1n) is 12.1. The van der Waals surface area contributed by atoms with Gasteiger partial charge in [0.25, 0.3) is 0 Å². The van der Waals surface area contributed by atoms with Crippen molar-refractivity contribution in [3.8, 4) is 17.1 Å². The summed E-state index contributed by atoms with van der Waals surface area (Å²) >= 11 is 0. The van der Waals surface area contributed by atoms with Gasteiger partial charge in [-0.1, -0.05) is 18.7 Å². The minimum Gasteiger partial charge on any atom is -0.488 e. The average Bonchev–Trinajstić information content (AvgIpc) is 2.90. The first kappa shape index (κ1) is 26.1. The summed E-state index contributed by atoms with van der Waals surface area (Å²) in [7, 11) is 0. The summed E-state index contributed by atoms with van der Waals surface area (Å²) in [5.41, 5.74) is 7.88. The molecule has 0 radical (unpaired) electrons. The first-order chi connectivity index (χ1) is 18.0. The maximum Gasteiger partial charge on any atom is 0.323 e. The minimum absolute atomic E-state index is 0.317.